The molecule has 0 saturated heterocycles. The Balaban J connectivity index is 0.000000406. The second-order valence-corrected chi connectivity index (χ2v) is 3.84. The molecule has 2 atom stereocenters. The Bertz CT molecular complexity index is 371. The lowest BCUT2D eigenvalue weighted by Crippen LogP contribution is -2.19. The van der Waals surface area contributed by atoms with E-state index in [1.54, 1.807) is 6.20 Å². The topological polar surface area (TPSA) is 17.8 Å². The third-order valence-electron chi connectivity index (χ3n) is 3.14. The normalized spacial score (nSPS) is 27.1. The standard InChI is InChI=1S/C9H10F2N2.C2H6.CH4/c1-2-13-8-6(4-12-13)5-3-7(5)9(8,10)11;1-2;/h4-5,7H,2-3H2,1H3;1-2H3;1H4. The molecule has 16 heavy (non-hydrogen) atoms. The summed E-state index contributed by atoms with van der Waals surface area (Å²) < 4.78 is 28.6. The minimum absolute atomic E-state index is 0. The molecule has 2 nitrogen and oxygen atoms in total. The van der Waals surface area contributed by atoms with Crippen molar-refractivity contribution in [2.24, 2.45) is 5.92 Å². The number of fused-ring (bicyclic) bond motifs is 3. The lowest BCUT2D eigenvalue weighted by atomic mass is 10.2. The second kappa shape index (κ2) is 4.15. The summed E-state index contributed by atoms with van der Waals surface area (Å²) in [5.74, 6) is -2.93. The van der Waals surface area contributed by atoms with Crippen molar-refractivity contribution in [3.05, 3.63) is 17.5 Å². The Morgan fingerprint density at radius 1 is 1.50 bits per heavy atom. The molecule has 0 radical (unpaired) electrons. The largest absolute Gasteiger partial charge is 0.293 e. The van der Waals surface area contributed by atoms with Crippen LogP contribution in [0.4, 0.5) is 8.78 Å². The Labute approximate surface area is 95.7 Å². The Morgan fingerprint density at radius 2 is 2.12 bits per heavy atom. The first-order chi connectivity index (χ1) is 7.16. The van der Waals surface area contributed by atoms with Crippen molar-refractivity contribution in [1.29, 1.82) is 0 Å². The van der Waals surface area contributed by atoms with E-state index in [0.717, 1.165) is 5.56 Å². The van der Waals surface area contributed by atoms with Crippen LogP contribution in [0.15, 0.2) is 6.20 Å². The summed E-state index contributed by atoms with van der Waals surface area (Å²) in [5.41, 5.74) is 0.966. The third kappa shape index (κ3) is 1.46. The number of aryl methyl sites for hydroxylation is 1. The summed E-state index contributed by atoms with van der Waals surface area (Å²) in [6, 6.07) is 0. The summed E-state index contributed by atoms with van der Waals surface area (Å²) in [5, 5.41) is 3.97. The van der Waals surface area contributed by atoms with Gasteiger partial charge in [-0.15, -0.1) is 0 Å². The minimum Gasteiger partial charge on any atom is -0.263 e. The van der Waals surface area contributed by atoms with Gasteiger partial charge in [-0.25, -0.2) is 0 Å². The molecule has 2 aliphatic rings. The van der Waals surface area contributed by atoms with Gasteiger partial charge < -0.3 is 0 Å². The molecule has 1 heterocycles. The quantitative estimate of drug-likeness (QED) is 0.718. The fourth-order valence-corrected chi connectivity index (χ4v) is 2.39. The van der Waals surface area contributed by atoms with E-state index >= 15 is 0 Å². The fourth-order valence-electron chi connectivity index (χ4n) is 2.39. The van der Waals surface area contributed by atoms with Gasteiger partial charge in [-0.05, 0) is 19.3 Å². The van der Waals surface area contributed by atoms with Crippen molar-refractivity contribution in [3.8, 4) is 0 Å². The highest BCUT2D eigenvalue weighted by atomic mass is 19.3. The predicted octanol–water partition coefficient (Wildman–Crippen LogP) is 3.77. The fraction of sp³-hybridized carbons (Fsp3) is 0.750. The average Bonchev–Trinajstić information content (AvgIpc) is 2.87. The lowest BCUT2D eigenvalue weighted by Gasteiger charge is -2.14. The number of aromatic nitrogens is 2. The average molecular weight is 230 g/mol. The molecule has 92 valence electrons. The van der Waals surface area contributed by atoms with E-state index in [1.807, 2.05) is 20.8 Å². The number of rotatable bonds is 1. The number of hydrogen-bond donors (Lipinski definition) is 0. The van der Waals surface area contributed by atoms with Crippen molar-refractivity contribution in [2.45, 2.75) is 53.0 Å². The minimum atomic E-state index is -2.62. The monoisotopic (exact) mass is 230 g/mol. The highest BCUT2D eigenvalue weighted by Crippen LogP contribution is 2.66. The van der Waals surface area contributed by atoms with Crippen LogP contribution in [-0.2, 0) is 12.5 Å². The molecule has 2 unspecified atom stereocenters. The van der Waals surface area contributed by atoms with Crippen LogP contribution in [0.2, 0.25) is 0 Å². The Morgan fingerprint density at radius 3 is 2.69 bits per heavy atom. The van der Waals surface area contributed by atoms with Crippen LogP contribution < -0.4 is 0 Å². The second-order valence-electron chi connectivity index (χ2n) is 3.84. The molecule has 0 aliphatic heterocycles. The van der Waals surface area contributed by atoms with E-state index < -0.39 is 11.8 Å². The molecule has 0 N–H and O–H groups in total. The van der Waals surface area contributed by atoms with E-state index in [-0.39, 0.29) is 19.0 Å². The van der Waals surface area contributed by atoms with Crippen LogP contribution in [0.5, 0.6) is 0 Å². The molecule has 4 heteroatoms. The van der Waals surface area contributed by atoms with Crippen molar-refractivity contribution in [3.63, 3.8) is 0 Å². The van der Waals surface area contributed by atoms with Crippen LogP contribution >= 0.6 is 0 Å². The maximum absolute atomic E-state index is 13.6. The van der Waals surface area contributed by atoms with Gasteiger partial charge in [0.1, 0.15) is 5.69 Å². The van der Waals surface area contributed by atoms with Gasteiger partial charge in [-0.2, -0.15) is 13.9 Å². The third-order valence-corrected chi connectivity index (χ3v) is 3.14. The number of hydrogen-bond acceptors (Lipinski definition) is 1. The van der Waals surface area contributed by atoms with Crippen molar-refractivity contribution in [2.75, 3.05) is 0 Å². The maximum Gasteiger partial charge on any atom is 0.293 e. The summed E-state index contributed by atoms with van der Waals surface area (Å²) in [6.07, 6.45) is 2.26. The molecule has 1 fully saturated rings. The van der Waals surface area contributed by atoms with Crippen LogP contribution in [0, 0.1) is 5.92 Å². The van der Waals surface area contributed by atoms with Gasteiger partial charge in [-0.1, -0.05) is 21.3 Å². The highest BCUT2D eigenvalue weighted by molar-refractivity contribution is 5.41. The van der Waals surface area contributed by atoms with E-state index in [1.165, 1.54) is 4.68 Å². The van der Waals surface area contributed by atoms with Crippen LogP contribution in [-0.4, -0.2) is 9.78 Å². The number of halogens is 2. The molecular formula is C12H20F2N2. The molecule has 0 spiro atoms. The first kappa shape index (κ1) is 13.1. The molecule has 0 aromatic carbocycles. The summed E-state index contributed by atoms with van der Waals surface area (Å²) in [6.45, 7) is 6.37. The van der Waals surface area contributed by atoms with Crippen molar-refractivity contribution >= 4 is 0 Å². The molecule has 1 saturated carbocycles. The molecule has 2 aliphatic carbocycles. The molecule has 1 aromatic heterocycles. The lowest BCUT2D eigenvalue weighted by molar-refractivity contribution is -0.0308. The van der Waals surface area contributed by atoms with E-state index in [9.17, 15) is 8.78 Å². The van der Waals surface area contributed by atoms with Gasteiger partial charge >= 0.3 is 0 Å². The molecule has 3 rings (SSSR count). The zero-order valence-corrected chi connectivity index (χ0v) is 9.30. The van der Waals surface area contributed by atoms with Gasteiger partial charge in [0.15, 0.2) is 0 Å². The molecular weight excluding hydrogens is 210 g/mol. The first-order valence-corrected chi connectivity index (χ1v) is 5.60. The smallest absolute Gasteiger partial charge is 0.263 e. The van der Waals surface area contributed by atoms with Crippen LogP contribution in [0.1, 0.15) is 51.8 Å². The zero-order chi connectivity index (χ0) is 11.2. The summed E-state index contributed by atoms with van der Waals surface area (Å²) in [7, 11) is 0. The van der Waals surface area contributed by atoms with E-state index in [4.69, 9.17) is 0 Å². The summed E-state index contributed by atoms with van der Waals surface area (Å²) >= 11 is 0. The van der Waals surface area contributed by atoms with Gasteiger partial charge in [0.2, 0.25) is 0 Å². The van der Waals surface area contributed by atoms with Crippen LogP contribution in [0.3, 0.4) is 0 Å². The summed E-state index contributed by atoms with van der Waals surface area (Å²) in [4.78, 5) is 0. The predicted molar refractivity (Wildman–Crippen MR) is 60.7 cm³/mol. The van der Waals surface area contributed by atoms with Gasteiger partial charge in [0.05, 0.1) is 6.20 Å². The van der Waals surface area contributed by atoms with Gasteiger partial charge in [0.25, 0.3) is 5.92 Å². The highest BCUT2D eigenvalue weighted by Gasteiger charge is 2.65. The van der Waals surface area contributed by atoms with Gasteiger partial charge in [0, 0.05) is 18.0 Å². The zero-order valence-electron chi connectivity index (χ0n) is 9.30. The SMILES string of the molecule is C.CC.CCn1ncc2c1C(F)(F)C1CC21. The maximum atomic E-state index is 13.6. The van der Waals surface area contributed by atoms with E-state index in [2.05, 4.69) is 5.10 Å². The number of nitrogens with zero attached hydrogens (tertiary/aromatic N) is 2. The van der Waals surface area contributed by atoms with Crippen LogP contribution in [0.25, 0.3) is 0 Å². The molecule has 0 bridgehead atoms. The van der Waals surface area contributed by atoms with Gasteiger partial charge in [-0.3, -0.25) is 4.68 Å². The van der Waals surface area contributed by atoms with Crippen molar-refractivity contribution < 1.29 is 8.78 Å². The van der Waals surface area contributed by atoms with E-state index in [0.29, 0.717) is 13.0 Å². The Kier molecular flexibility index (Phi) is 3.41. The first-order valence-electron chi connectivity index (χ1n) is 5.60. The molecule has 1 aromatic rings. The number of alkyl halides is 2. The molecule has 0 amide bonds. The Hall–Kier alpha value is -0.930. The van der Waals surface area contributed by atoms with Crippen molar-refractivity contribution in [1.82, 2.24) is 9.78 Å².